The number of ether oxygens (including phenoxy) is 1. The molecule has 110 valence electrons. The monoisotopic (exact) mass is 277 g/mol. The molecule has 1 heterocycles. The molecular weight excluding hydrogens is 254 g/mol. The average Bonchev–Trinajstić information content (AvgIpc) is 2.54. The van der Waals surface area contributed by atoms with E-state index in [9.17, 15) is 9.90 Å². The van der Waals surface area contributed by atoms with Gasteiger partial charge in [0.15, 0.2) is 0 Å². The van der Waals surface area contributed by atoms with Gasteiger partial charge in [0.25, 0.3) is 0 Å². The zero-order valence-corrected chi connectivity index (χ0v) is 12.0. The van der Waals surface area contributed by atoms with Crippen LogP contribution in [0, 0.1) is 5.92 Å². The van der Waals surface area contributed by atoms with Crippen LogP contribution in [0.25, 0.3) is 0 Å². The third-order valence-electron chi connectivity index (χ3n) is 4.05. The first-order valence-electron chi connectivity index (χ1n) is 7.29. The molecule has 1 atom stereocenters. The second-order valence-electron chi connectivity index (χ2n) is 5.31. The summed E-state index contributed by atoms with van der Waals surface area (Å²) in [6.07, 6.45) is 2.05. The maximum Gasteiger partial charge on any atom is 0.219 e. The first-order chi connectivity index (χ1) is 9.66. The van der Waals surface area contributed by atoms with Crippen LogP contribution in [0.4, 0.5) is 0 Å². The van der Waals surface area contributed by atoms with Crippen LogP contribution < -0.4 is 5.32 Å². The Balaban J connectivity index is 2.20. The summed E-state index contributed by atoms with van der Waals surface area (Å²) in [5.41, 5.74) is -0.154. The van der Waals surface area contributed by atoms with Crippen molar-refractivity contribution in [2.75, 3.05) is 19.8 Å². The maximum absolute atomic E-state index is 11.5. The van der Waals surface area contributed by atoms with Crippen LogP contribution in [0.15, 0.2) is 30.3 Å². The first-order valence-corrected chi connectivity index (χ1v) is 7.29. The molecular formula is C16H23NO3. The number of amides is 1. The van der Waals surface area contributed by atoms with Gasteiger partial charge >= 0.3 is 0 Å². The molecule has 2 N–H and O–H groups in total. The molecule has 0 bridgehead atoms. The van der Waals surface area contributed by atoms with Crippen LogP contribution in [-0.2, 0) is 15.1 Å². The van der Waals surface area contributed by atoms with Crippen LogP contribution in [0.3, 0.4) is 0 Å². The molecule has 4 heteroatoms. The van der Waals surface area contributed by atoms with E-state index < -0.39 is 5.60 Å². The molecule has 0 radical (unpaired) electrons. The molecule has 0 spiro atoms. The van der Waals surface area contributed by atoms with Gasteiger partial charge in [-0.1, -0.05) is 37.3 Å². The molecule has 1 aromatic carbocycles. The highest BCUT2D eigenvalue weighted by atomic mass is 16.5. The van der Waals surface area contributed by atoms with Crippen molar-refractivity contribution >= 4 is 5.91 Å². The van der Waals surface area contributed by atoms with Crippen molar-refractivity contribution in [1.29, 1.82) is 0 Å². The normalized spacial score (nSPS) is 19.3. The van der Waals surface area contributed by atoms with Gasteiger partial charge in [-0.2, -0.15) is 0 Å². The minimum Gasteiger partial charge on any atom is -0.383 e. The van der Waals surface area contributed by atoms with Crippen molar-refractivity contribution in [2.24, 2.45) is 5.92 Å². The molecule has 0 aromatic heterocycles. The summed E-state index contributed by atoms with van der Waals surface area (Å²) in [4.78, 5) is 11.5. The fraction of sp³-hybridized carbons (Fsp3) is 0.562. The third kappa shape index (κ3) is 3.38. The number of nitrogens with one attached hydrogen (secondary N) is 1. The highest BCUT2D eigenvalue weighted by Crippen LogP contribution is 2.35. The Morgan fingerprint density at radius 2 is 2.00 bits per heavy atom. The van der Waals surface area contributed by atoms with Gasteiger partial charge in [-0.25, -0.2) is 0 Å². The van der Waals surface area contributed by atoms with E-state index in [2.05, 4.69) is 5.32 Å². The van der Waals surface area contributed by atoms with Crippen molar-refractivity contribution in [3.8, 4) is 0 Å². The summed E-state index contributed by atoms with van der Waals surface area (Å²) >= 11 is 0. The molecule has 1 fully saturated rings. The molecule has 2 rings (SSSR count). The van der Waals surface area contributed by atoms with E-state index >= 15 is 0 Å². The molecule has 1 amide bonds. The molecule has 1 aromatic rings. The van der Waals surface area contributed by atoms with Gasteiger partial charge in [-0.3, -0.25) is 4.79 Å². The first kappa shape index (κ1) is 15.0. The Bertz CT molecular complexity index is 429. The van der Waals surface area contributed by atoms with E-state index in [-0.39, 0.29) is 18.4 Å². The van der Waals surface area contributed by atoms with E-state index in [4.69, 9.17) is 4.74 Å². The standard InChI is InChI=1S/C16H23NO3/c1-2-15(18)17-12-16(19,13-6-4-3-5-7-13)14-8-10-20-11-9-14/h3-7,14,19H,2,8-12H2,1H3,(H,17,18). The van der Waals surface area contributed by atoms with E-state index in [0.717, 1.165) is 18.4 Å². The third-order valence-corrected chi connectivity index (χ3v) is 4.05. The summed E-state index contributed by atoms with van der Waals surface area (Å²) in [5.74, 6) is 0.0715. The lowest BCUT2D eigenvalue weighted by Crippen LogP contribution is -2.47. The Hall–Kier alpha value is -1.39. The smallest absolute Gasteiger partial charge is 0.219 e. The van der Waals surface area contributed by atoms with Crippen molar-refractivity contribution in [3.63, 3.8) is 0 Å². The van der Waals surface area contributed by atoms with Crippen molar-refractivity contribution in [1.82, 2.24) is 5.32 Å². The second kappa shape index (κ2) is 6.86. The zero-order chi connectivity index (χ0) is 14.4. The quantitative estimate of drug-likeness (QED) is 0.863. The lowest BCUT2D eigenvalue weighted by molar-refractivity contribution is -0.124. The van der Waals surface area contributed by atoms with E-state index in [1.165, 1.54) is 0 Å². The summed E-state index contributed by atoms with van der Waals surface area (Å²) < 4.78 is 5.38. The van der Waals surface area contributed by atoms with Crippen LogP contribution in [0.5, 0.6) is 0 Å². The van der Waals surface area contributed by atoms with Crippen LogP contribution in [-0.4, -0.2) is 30.8 Å². The van der Waals surface area contributed by atoms with Crippen molar-refractivity contribution in [3.05, 3.63) is 35.9 Å². The summed E-state index contributed by atoms with van der Waals surface area (Å²) in [5, 5.41) is 14.0. The van der Waals surface area contributed by atoms with Crippen molar-refractivity contribution < 1.29 is 14.6 Å². The molecule has 4 nitrogen and oxygen atoms in total. The predicted molar refractivity (Wildman–Crippen MR) is 77.2 cm³/mol. The Morgan fingerprint density at radius 3 is 2.60 bits per heavy atom. The molecule has 1 unspecified atom stereocenters. The predicted octanol–water partition coefficient (Wildman–Crippen LogP) is 1.83. The number of benzene rings is 1. The SMILES string of the molecule is CCC(=O)NCC(O)(c1ccccc1)C1CCOCC1. The zero-order valence-electron chi connectivity index (χ0n) is 12.0. The lowest BCUT2D eigenvalue weighted by atomic mass is 9.77. The molecule has 0 aliphatic carbocycles. The fourth-order valence-corrected chi connectivity index (χ4v) is 2.74. The minimum absolute atomic E-state index is 0.0357. The van der Waals surface area contributed by atoms with Crippen LogP contribution in [0.2, 0.25) is 0 Å². The Kier molecular flexibility index (Phi) is 5.15. The minimum atomic E-state index is -1.02. The molecule has 1 aliphatic rings. The van der Waals surface area contributed by atoms with Crippen LogP contribution >= 0.6 is 0 Å². The summed E-state index contributed by atoms with van der Waals surface area (Å²) in [6, 6.07) is 9.61. The average molecular weight is 277 g/mol. The highest BCUT2D eigenvalue weighted by molar-refractivity contribution is 5.75. The Labute approximate surface area is 120 Å². The van der Waals surface area contributed by atoms with Gasteiger partial charge in [-0.15, -0.1) is 0 Å². The van der Waals surface area contributed by atoms with Gasteiger partial charge < -0.3 is 15.2 Å². The highest BCUT2D eigenvalue weighted by Gasteiger charge is 2.39. The van der Waals surface area contributed by atoms with Gasteiger partial charge in [0.1, 0.15) is 5.60 Å². The molecule has 1 saturated heterocycles. The lowest BCUT2D eigenvalue weighted by Gasteiger charge is -2.39. The summed E-state index contributed by atoms with van der Waals surface area (Å²) in [7, 11) is 0. The van der Waals surface area contributed by atoms with Gasteiger partial charge in [0.2, 0.25) is 5.91 Å². The van der Waals surface area contributed by atoms with Crippen LogP contribution in [0.1, 0.15) is 31.7 Å². The molecule has 1 aliphatic heterocycles. The molecule has 20 heavy (non-hydrogen) atoms. The fourth-order valence-electron chi connectivity index (χ4n) is 2.74. The number of hydrogen-bond acceptors (Lipinski definition) is 3. The van der Waals surface area contributed by atoms with E-state index in [1.807, 2.05) is 37.3 Å². The Morgan fingerprint density at radius 1 is 1.35 bits per heavy atom. The topological polar surface area (TPSA) is 58.6 Å². The van der Waals surface area contributed by atoms with E-state index in [1.54, 1.807) is 0 Å². The molecule has 0 saturated carbocycles. The largest absolute Gasteiger partial charge is 0.383 e. The van der Waals surface area contributed by atoms with Crippen molar-refractivity contribution in [2.45, 2.75) is 31.8 Å². The number of rotatable bonds is 5. The van der Waals surface area contributed by atoms with Gasteiger partial charge in [0.05, 0.1) is 6.54 Å². The number of hydrogen-bond donors (Lipinski definition) is 2. The van der Waals surface area contributed by atoms with Gasteiger partial charge in [0, 0.05) is 19.6 Å². The number of carbonyl (C=O) groups excluding carboxylic acids is 1. The second-order valence-corrected chi connectivity index (χ2v) is 5.31. The van der Waals surface area contributed by atoms with Gasteiger partial charge in [-0.05, 0) is 24.3 Å². The number of aliphatic hydroxyl groups is 1. The summed E-state index contributed by atoms with van der Waals surface area (Å²) in [6.45, 7) is 3.41. The maximum atomic E-state index is 11.5. The number of carbonyl (C=O) groups is 1. The van der Waals surface area contributed by atoms with E-state index in [0.29, 0.717) is 19.6 Å².